The summed E-state index contributed by atoms with van der Waals surface area (Å²) < 4.78 is 10.5. The van der Waals surface area contributed by atoms with E-state index in [1.54, 1.807) is 21.1 Å². The molecular weight excluding hydrogens is 216 g/mol. The van der Waals surface area contributed by atoms with Gasteiger partial charge in [0.25, 0.3) is 0 Å². The topological polar surface area (TPSA) is 56.5 Å². The fraction of sp³-hybridized carbons (Fsp3) is 0.385. The fourth-order valence-electron chi connectivity index (χ4n) is 1.57. The van der Waals surface area contributed by atoms with Crippen molar-refractivity contribution in [2.75, 3.05) is 14.2 Å². The molecule has 0 aromatic heterocycles. The van der Waals surface area contributed by atoms with Gasteiger partial charge in [0.15, 0.2) is 0 Å². The number of hydrogen-bond acceptors (Lipinski definition) is 4. The van der Waals surface area contributed by atoms with E-state index in [2.05, 4.69) is 17.3 Å². The predicted octanol–water partition coefficient (Wildman–Crippen LogP) is 1.62. The van der Waals surface area contributed by atoms with Crippen molar-refractivity contribution in [2.24, 2.45) is 5.84 Å². The molecular formula is C13H18N2O2. The molecule has 0 saturated heterocycles. The number of rotatable bonds is 5. The first-order valence-corrected chi connectivity index (χ1v) is 5.34. The summed E-state index contributed by atoms with van der Waals surface area (Å²) in [4.78, 5) is 0. The van der Waals surface area contributed by atoms with E-state index in [4.69, 9.17) is 15.3 Å². The van der Waals surface area contributed by atoms with E-state index >= 15 is 0 Å². The van der Waals surface area contributed by atoms with Crippen LogP contribution in [0.15, 0.2) is 18.2 Å². The van der Waals surface area contributed by atoms with Crippen LogP contribution in [0.3, 0.4) is 0 Å². The fourth-order valence-corrected chi connectivity index (χ4v) is 1.57. The van der Waals surface area contributed by atoms with Gasteiger partial charge in [-0.3, -0.25) is 11.3 Å². The third kappa shape index (κ3) is 3.38. The van der Waals surface area contributed by atoms with Gasteiger partial charge < -0.3 is 9.47 Å². The van der Waals surface area contributed by atoms with E-state index in [9.17, 15) is 0 Å². The summed E-state index contributed by atoms with van der Waals surface area (Å²) in [6, 6.07) is 5.59. The minimum absolute atomic E-state index is 0.0525. The van der Waals surface area contributed by atoms with Crippen LogP contribution in [0, 0.1) is 11.8 Å². The van der Waals surface area contributed by atoms with Crippen molar-refractivity contribution in [1.82, 2.24) is 5.43 Å². The Balaban J connectivity index is 3.03. The molecule has 0 radical (unpaired) electrons. The highest BCUT2D eigenvalue weighted by Gasteiger charge is 2.14. The van der Waals surface area contributed by atoms with Crippen molar-refractivity contribution in [2.45, 2.75) is 19.4 Å². The lowest BCUT2D eigenvalue weighted by molar-refractivity contribution is 0.385. The Labute approximate surface area is 102 Å². The molecule has 1 unspecified atom stereocenters. The number of benzene rings is 1. The molecule has 1 rings (SSSR count). The first-order valence-electron chi connectivity index (χ1n) is 5.34. The van der Waals surface area contributed by atoms with Crippen LogP contribution in [-0.4, -0.2) is 14.2 Å². The summed E-state index contributed by atoms with van der Waals surface area (Å²) in [7, 11) is 3.24. The van der Waals surface area contributed by atoms with Crippen molar-refractivity contribution in [3.8, 4) is 23.3 Å². The van der Waals surface area contributed by atoms with Gasteiger partial charge in [-0.25, -0.2) is 0 Å². The summed E-state index contributed by atoms with van der Waals surface area (Å²) in [5.41, 5.74) is 3.71. The van der Waals surface area contributed by atoms with Gasteiger partial charge in [-0.1, -0.05) is 0 Å². The van der Waals surface area contributed by atoms with E-state index in [0.29, 0.717) is 6.42 Å². The van der Waals surface area contributed by atoms with Gasteiger partial charge in [0.2, 0.25) is 0 Å². The summed E-state index contributed by atoms with van der Waals surface area (Å²) >= 11 is 0. The van der Waals surface area contributed by atoms with Crippen molar-refractivity contribution in [3.63, 3.8) is 0 Å². The Bertz CT molecular complexity index is 421. The molecule has 1 aromatic rings. The van der Waals surface area contributed by atoms with Crippen LogP contribution in [0.1, 0.15) is 24.9 Å². The van der Waals surface area contributed by atoms with Crippen LogP contribution in [0.25, 0.3) is 0 Å². The van der Waals surface area contributed by atoms with E-state index in [0.717, 1.165) is 17.1 Å². The molecule has 17 heavy (non-hydrogen) atoms. The van der Waals surface area contributed by atoms with Crippen LogP contribution in [0.5, 0.6) is 11.5 Å². The maximum Gasteiger partial charge on any atom is 0.127 e. The zero-order chi connectivity index (χ0) is 12.7. The minimum Gasteiger partial charge on any atom is -0.497 e. The predicted molar refractivity (Wildman–Crippen MR) is 67.7 cm³/mol. The largest absolute Gasteiger partial charge is 0.497 e. The van der Waals surface area contributed by atoms with E-state index in [-0.39, 0.29) is 6.04 Å². The highest BCUT2D eigenvalue weighted by molar-refractivity contribution is 5.42. The van der Waals surface area contributed by atoms with Gasteiger partial charge >= 0.3 is 0 Å². The van der Waals surface area contributed by atoms with Crippen molar-refractivity contribution < 1.29 is 9.47 Å². The second-order valence-electron chi connectivity index (χ2n) is 3.46. The van der Waals surface area contributed by atoms with Crippen LogP contribution in [0.2, 0.25) is 0 Å². The first kappa shape index (κ1) is 13.4. The molecule has 92 valence electrons. The molecule has 0 aliphatic carbocycles. The molecule has 4 heteroatoms. The smallest absolute Gasteiger partial charge is 0.127 e. The average Bonchev–Trinajstić information content (AvgIpc) is 2.39. The molecule has 0 spiro atoms. The number of hydrogen-bond donors (Lipinski definition) is 2. The number of ether oxygens (including phenoxy) is 2. The molecule has 1 aromatic carbocycles. The molecule has 3 N–H and O–H groups in total. The molecule has 0 amide bonds. The maximum atomic E-state index is 5.54. The number of methoxy groups -OCH3 is 2. The van der Waals surface area contributed by atoms with Gasteiger partial charge in [0.1, 0.15) is 11.5 Å². The van der Waals surface area contributed by atoms with Gasteiger partial charge in [-0.2, -0.15) is 0 Å². The molecule has 0 saturated carbocycles. The van der Waals surface area contributed by atoms with Gasteiger partial charge in [0.05, 0.1) is 20.3 Å². The SMILES string of the molecule is CC#CCC(NN)c1ccc(OC)cc1OC. The lowest BCUT2D eigenvalue weighted by atomic mass is 10.0. The third-order valence-corrected chi connectivity index (χ3v) is 2.50. The summed E-state index contributed by atoms with van der Waals surface area (Å²) in [6.07, 6.45) is 0.635. The highest BCUT2D eigenvalue weighted by atomic mass is 16.5. The van der Waals surface area contributed by atoms with Crippen LogP contribution in [0.4, 0.5) is 0 Å². The van der Waals surface area contributed by atoms with Gasteiger partial charge in [-0.05, 0) is 19.1 Å². The van der Waals surface area contributed by atoms with Gasteiger partial charge in [0, 0.05) is 18.1 Å². The molecule has 0 bridgehead atoms. The zero-order valence-corrected chi connectivity index (χ0v) is 10.4. The van der Waals surface area contributed by atoms with Gasteiger partial charge in [-0.15, -0.1) is 11.8 Å². The van der Waals surface area contributed by atoms with Crippen LogP contribution in [-0.2, 0) is 0 Å². The van der Waals surface area contributed by atoms with Crippen molar-refractivity contribution in [1.29, 1.82) is 0 Å². The normalized spacial score (nSPS) is 11.3. The molecule has 0 aliphatic rings. The second-order valence-corrected chi connectivity index (χ2v) is 3.46. The quantitative estimate of drug-likeness (QED) is 0.462. The second kappa shape index (κ2) is 6.79. The highest BCUT2D eigenvalue weighted by Crippen LogP contribution is 2.30. The standard InChI is InChI=1S/C13H18N2O2/c1-4-5-6-12(15-14)11-8-7-10(16-2)9-13(11)17-3/h7-9,12,15H,6,14H2,1-3H3. The van der Waals surface area contributed by atoms with Crippen LogP contribution < -0.4 is 20.7 Å². The maximum absolute atomic E-state index is 5.54. The Hall–Kier alpha value is -1.70. The summed E-state index contributed by atoms with van der Waals surface area (Å²) in [6.45, 7) is 1.80. The number of nitrogens with one attached hydrogen (secondary N) is 1. The van der Waals surface area contributed by atoms with E-state index in [1.807, 2.05) is 18.2 Å². The molecule has 4 nitrogen and oxygen atoms in total. The Kier molecular flexibility index (Phi) is 5.34. The first-order chi connectivity index (χ1) is 8.26. The van der Waals surface area contributed by atoms with Crippen molar-refractivity contribution >= 4 is 0 Å². The molecule has 1 atom stereocenters. The Morgan fingerprint density at radius 1 is 1.35 bits per heavy atom. The number of hydrazine groups is 1. The number of nitrogens with two attached hydrogens (primary N) is 1. The van der Waals surface area contributed by atoms with Crippen LogP contribution >= 0.6 is 0 Å². The van der Waals surface area contributed by atoms with E-state index in [1.165, 1.54) is 0 Å². The van der Waals surface area contributed by atoms with Crippen molar-refractivity contribution in [3.05, 3.63) is 23.8 Å². The monoisotopic (exact) mass is 234 g/mol. The third-order valence-electron chi connectivity index (χ3n) is 2.50. The average molecular weight is 234 g/mol. The Morgan fingerprint density at radius 3 is 2.65 bits per heavy atom. The molecule has 0 aliphatic heterocycles. The minimum atomic E-state index is -0.0525. The molecule has 0 fully saturated rings. The summed E-state index contributed by atoms with van der Waals surface area (Å²) in [5, 5.41) is 0. The van der Waals surface area contributed by atoms with E-state index < -0.39 is 0 Å². The lowest BCUT2D eigenvalue weighted by Crippen LogP contribution is -2.28. The molecule has 0 heterocycles. The summed E-state index contributed by atoms with van der Waals surface area (Å²) in [5.74, 6) is 12.9. The zero-order valence-electron chi connectivity index (χ0n) is 10.4. The Morgan fingerprint density at radius 2 is 2.12 bits per heavy atom. The lowest BCUT2D eigenvalue weighted by Gasteiger charge is -2.17.